The number of nitrogens with one attached hydrogen (secondary N) is 1. The lowest BCUT2D eigenvalue weighted by atomic mass is 10.1. The Kier molecular flexibility index (Phi) is 4.90. The number of hydrogen-bond acceptors (Lipinski definition) is 4. The molecule has 0 atom stereocenters. The van der Waals surface area contributed by atoms with Crippen molar-refractivity contribution in [1.82, 2.24) is 4.72 Å². The molecule has 0 saturated heterocycles. The van der Waals surface area contributed by atoms with Gasteiger partial charge in [0.05, 0.1) is 11.4 Å². The topological polar surface area (TPSA) is 115 Å². The lowest BCUT2D eigenvalue weighted by molar-refractivity contribution is -0.116. The van der Waals surface area contributed by atoms with Gasteiger partial charge < -0.3 is 11.5 Å². The van der Waals surface area contributed by atoms with E-state index in [1.54, 1.807) is 12.1 Å². The molecule has 1 amide bonds. The summed E-state index contributed by atoms with van der Waals surface area (Å²) in [7, 11) is -3.78. The van der Waals surface area contributed by atoms with Crippen LogP contribution in [0.5, 0.6) is 0 Å². The summed E-state index contributed by atoms with van der Waals surface area (Å²) in [6.07, 6.45) is 1.16. The van der Waals surface area contributed by atoms with Crippen molar-refractivity contribution in [3.8, 4) is 0 Å². The molecule has 5 N–H and O–H groups in total. The number of primary amides is 1. The van der Waals surface area contributed by atoms with Gasteiger partial charge in [0.2, 0.25) is 15.9 Å². The predicted octanol–water partition coefficient (Wildman–Crippen LogP) is 0.157. The van der Waals surface area contributed by atoms with Crippen LogP contribution in [0.15, 0.2) is 17.0 Å². The molecular weight excluding hydrogens is 266 g/mol. The molecule has 0 unspecified atom stereocenters. The summed E-state index contributed by atoms with van der Waals surface area (Å²) >= 11 is 0. The van der Waals surface area contributed by atoms with E-state index < -0.39 is 22.5 Å². The number of nitrogens with two attached hydrogens (primary N) is 2. The molecule has 0 bridgehead atoms. The van der Waals surface area contributed by atoms with Gasteiger partial charge in [0.25, 0.3) is 0 Å². The van der Waals surface area contributed by atoms with Crippen molar-refractivity contribution >= 4 is 21.6 Å². The first-order valence-electron chi connectivity index (χ1n) is 6.01. The minimum absolute atomic E-state index is 0.119. The Balaban J connectivity index is 3.31. The Morgan fingerprint density at radius 3 is 2.37 bits per heavy atom. The number of carbonyl (C=O) groups excluding carboxylic acids is 1. The highest BCUT2D eigenvalue weighted by Crippen LogP contribution is 2.25. The van der Waals surface area contributed by atoms with Gasteiger partial charge in [0, 0.05) is 5.69 Å². The van der Waals surface area contributed by atoms with Crippen molar-refractivity contribution in [2.75, 3.05) is 12.3 Å². The van der Waals surface area contributed by atoms with Crippen LogP contribution in [0.1, 0.15) is 25.0 Å². The van der Waals surface area contributed by atoms with Gasteiger partial charge in [-0.05, 0) is 36.1 Å². The van der Waals surface area contributed by atoms with Crippen LogP contribution in [0.2, 0.25) is 0 Å². The highest BCUT2D eigenvalue weighted by atomic mass is 32.2. The van der Waals surface area contributed by atoms with Crippen molar-refractivity contribution in [3.63, 3.8) is 0 Å². The number of rotatable bonds is 6. The second-order valence-electron chi connectivity index (χ2n) is 4.16. The van der Waals surface area contributed by atoms with Crippen molar-refractivity contribution in [2.45, 2.75) is 31.6 Å². The number of sulfonamides is 1. The highest BCUT2D eigenvalue weighted by molar-refractivity contribution is 7.89. The maximum absolute atomic E-state index is 12.2. The quantitative estimate of drug-likeness (QED) is 0.645. The summed E-state index contributed by atoms with van der Waals surface area (Å²) < 4.78 is 26.5. The Bertz CT molecular complexity index is 582. The third-order valence-electron chi connectivity index (χ3n) is 2.79. The van der Waals surface area contributed by atoms with Gasteiger partial charge >= 0.3 is 0 Å². The second-order valence-corrected chi connectivity index (χ2v) is 5.90. The van der Waals surface area contributed by atoms with Gasteiger partial charge in [-0.15, -0.1) is 0 Å². The Morgan fingerprint density at radius 1 is 1.26 bits per heavy atom. The fourth-order valence-corrected chi connectivity index (χ4v) is 3.17. The monoisotopic (exact) mass is 285 g/mol. The fourth-order valence-electron chi connectivity index (χ4n) is 1.79. The van der Waals surface area contributed by atoms with E-state index in [2.05, 4.69) is 4.72 Å². The molecule has 0 saturated carbocycles. The van der Waals surface area contributed by atoms with Crippen molar-refractivity contribution < 1.29 is 13.2 Å². The van der Waals surface area contributed by atoms with Gasteiger partial charge in [0.15, 0.2) is 0 Å². The summed E-state index contributed by atoms with van der Waals surface area (Å²) in [4.78, 5) is 10.8. The molecule has 0 radical (unpaired) electrons. The Hall–Kier alpha value is -1.60. The third-order valence-corrected chi connectivity index (χ3v) is 4.26. The minimum atomic E-state index is -3.78. The van der Waals surface area contributed by atoms with E-state index in [4.69, 9.17) is 11.5 Å². The first-order chi connectivity index (χ1) is 8.81. The van der Waals surface area contributed by atoms with Crippen LogP contribution in [0.25, 0.3) is 0 Å². The number of aryl methyl sites for hydroxylation is 1. The second kappa shape index (κ2) is 6.03. The number of anilines is 1. The molecule has 0 aliphatic carbocycles. The largest absolute Gasteiger partial charge is 0.398 e. The average Bonchev–Trinajstić information content (AvgIpc) is 2.35. The number of hydrogen-bond donors (Lipinski definition) is 3. The molecule has 0 heterocycles. The van der Waals surface area contributed by atoms with Gasteiger partial charge in [0.1, 0.15) is 0 Å². The highest BCUT2D eigenvalue weighted by Gasteiger charge is 2.20. The molecule has 19 heavy (non-hydrogen) atoms. The molecular formula is C12H19N3O3S. The maximum Gasteiger partial charge on any atom is 0.241 e. The van der Waals surface area contributed by atoms with E-state index in [-0.39, 0.29) is 4.90 Å². The summed E-state index contributed by atoms with van der Waals surface area (Å²) in [6.45, 7) is 3.31. The van der Waals surface area contributed by atoms with Crippen LogP contribution in [0.4, 0.5) is 5.69 Å². The molecule has 0 aliphatic heterocycles. The lowest BCUT2D eigenvalue weighted by Gasteiger charge is -2.14. The molecule has 0 aromatic heterocycles. The summed E-state index contributed by atoms with van der Waals surface area (Å²) in [5.41, 5.74) is 12.6. The number of benzene rings is 1. The zero-order valence-electron chi connectivity index (χ0n) is 11.1. The first kappa shape index (κ1) is 15.5. The van der Waals surface area contributed by atoms with Crippen LogP contribution in [0, 0.1) is 0 Å². The van der Waals surface area contributed by atoms with Gasteiger partial charge in [-0.1, -0.05) is 13.8 Å². The molecule has 106 valence electrons. The number of carbonyl (C=O) groups is 1. The molecule has 1 aromatic rings. The minimum Gasteiger partial charge on any atom is -0.398 e. The smallest absolute Gasteiger partial charge is 0.241 e. The van der Waals surface area contributed by atoms with Gasteiger partial charge in [-0.25, -0.2) is 13.1 Å². The van der Waals surface area contributed by atoms with Crippen LogP contribution >= 0.6 is 0 Å². The normalized spacial score (nSPS) is 11.5. The van der Waals surface area contributed by atoms with E-state index in [1.807, 2.05) is 13.8 Å². The van der Waals surface area contributed by atoms with E-state index >= 15 is 0 Å². The van der Waals surface area contributed by atoms with Gasteiger partial charge in [-0.3, -0.25) is 4.79 Å². The van der Waals surface area contributed by atoms with Crippen LogP contribution in [0.3, 0.4) is 0 Å². The van der Waals surface area contributed by atoms with Crippen molar-refractivity contribution in [3.05, 3.63) is 23.3 Å². The Morgan fingerprint density at radius 2 is 1.89 bits per heavy atom. The van der Waals surface area contributed by atoms with Crippen molar-refractivity contribution in [1.29, 1.82) is 0 Å². The molecule has 0 fully saturated rings. The standard InChI is InChI=1S/C12H19N3O3S/c1-3-8-5-10(13)9(4-2)11(6-8)19(17,18)15-7-12(14)16/h5-6,15H,3-4,7,13H2,1-2H3,(H2,14,16). The van der Waals surface area contributed by atoms with Crippen LogP contribution in [-0.4, -0.2) is 20.9 Å². The average molecular weight is 285 g/mol. The summed E-state index contributed by atoms with van der Waals surface area (Å²) in [5, 5.41) is 0. The maximum atomic E-state index is 12.2. The zero-order valence-corrected chi connectivity index (χ0v) is 11.9. The van der Waals surface area contributed by atoms with Crippen molar-refractivity contribution in [2.24, 2.45) is 5.73 Å². The lowest BCUT2D eigenvalue weighted by Crippen LogP contribution is -2.34. The van der Waals surface area contributed by atoms with E-state index in [9.17, 15) is 13.2 Å². The van der Waals surface area contributed by atoms with Gasteiger partial charge in [-0.2, -0.15) is 0 Å². The van der Waals surface area contributed by atoms with E-state index in [1.165, 1.54) is 0 Å². The number of nitrogen functional groups attached to an aromatic ring is 1. The third kappa shape index (κ3) is 3.68. The molecule has 0 spiro atoms. The number of amides is 1. The molecule has 7 heteroatoms. The molecule has 0 aliphatic rings. The molecule has 1 aromatic carbocycles. The predicted molar refractivity (Wildman–Crippen MR) is 74.0 cm³/mol. The summed E-state index contributed by atoms with van der Waals surface area (Å²) in [6, 6.07) is 3.35. The summed E-state index contributed by atoms with van der Waals surface area (Å²) in [5.74, 6) is -0.735. The first-order valence-corrected chi connectivity index (χ1v) is 7.49. The van der Waals surface area contributed by atoms with Crippen LogP contribution in [-0.2, 0) is 27.7 Å². The van der Waals surface area contributed by atoms with Crippen LogP contribution < -0.4 is 16.2 Å². The SMILES string of the molecule is CCc1cc(N)c(CC)c(S(=O)(=O)NCC(N)=O)c1. The van der Waals surface area contributed by atoms with E-state index in [0.717, 1.165) is 5.56 Å². The molecule has 1 rings (SSSR count). The molecule has 6 nitrogen and oxygen atoms in total. The Labute approximate surface area is 113 Å². The fraction of sp³-hybridized carbons (Fsp3) is 0.417. The van der Waals surface area contributed by atoms with E-state index in [0.29, 0.717) is 24.1 Å². The zero-order chi connectivity index (χ0) is 14.6.